The number of hydrogen-bond donors (Lipinski definition) is 2. The lowest BCUT2D eigenvalue weighted by Crippen LogP contribution is -2.18. The van der Waals surface area contributed by atoms with Crippen molar-refractivity contribution < 1.29 is 31.9 Å². The van der Waals surface area contributed by atoms with E-state index in [1.807, 2.05) is 6.92 Å². The Labute approximate surface area is 243 Å². The molecular formula is C26H20ClF4N7O3S. The number of ether oxygens (including phenoxy) is 1. The minimum Gasteiger partial charge on any atom is -0.471 e. The second-order valence-electron chi connectivity index (χ2n) is 8.93. The first-order valence-electron chi connectivity index (χ1n) is 12.2. The quantitative estimate of drug-likeness (QED) is 0.208. The van der Waals surface area contributed by atoms with Gasteiger partial charge >= 0.3 is 6.18 Å². The maximum atomic E-state index is 13.8. The zero-order valence-corrected chi connectivity index (χ0v) is 23.4. The smallest absolute Gasteiger partial charge is 0.433 e. The Hall–Kier alpha value is -4.50. The number of alkyl halides is 3. The van der Waals surface area contributed by atoms with Gasteiger partial charge in [0.25, 0.3) is 11.8 Å². The van der Waals surface area contributed by atoms with Crippen LogP contribution in [0, 0.1) is 12.7 Å². The van der Waals surface area contributed by atoms with Gasteiger partial charge in [0.15, 0.2) is 12.4 Å². The molecule has 0 aliphatic rings. The summed E-state index contributed by atoms with van der Waals surface area (Å²) in [7, 11) is 0. The van der Waals surface area contributed by atoms with Crippen molar-refractivity contribution in [3.63, 3.8) is 0 Å². The number of benzene rings is 1. The van der Waals surface area contributed by atoms with Crippen LogP contribution in [0.25, 0.3) is 21.3 Å². The third-order valence-electron chi connectivity index (χ3n) is 6.10. The van der Waals surface area contributed by atoms with Crippen LogP contribution < -0.4 is 15.8 Å². The van der Waals surface area contributed by atoms with Crippen LogP contribution in [0.1, 0.15) is 38.5 Å². The first-order chi connectivity index (χ1) is 19.8. The molecule has 0 fully saturated rings. The van der Waals surface area contributed by atoms with Gasteiger partial charge in [-0.05, 0) is 43.7 Å². The van der Waals surface area contributed by atoms with Crippen LogP contribution in [-0.2, 0) is 19.5 Å². The molecule has 10 nitrogen and oxygen atoms in total. The van der Waals surface area contributed by atoms with Crippen LogP contribution in [-0.4, -0.2) is 36.4 Å². The van der Waals surface area contributed by atoms with E-state index in [2.05, 4.69) is 20.5 Å². The molecule has 3 N–H and O–H groups in total. The van der Waals surface area contributed by atoms with Gasteiger partial charge in [-0.25, -0.2) is 14.1 Å². The molecule has 0 atom stereocenters. The Kier molecular flexibility index (Phi) is 7.64. The van der Waals surface area contributed by atoms with Gasteiger partial charge in [0.05, 0.1) is 16.4 Å². The number of amides is 2. The van der Waals surface area contributed by atoms with E-state index in [0.29, 0.717) is 29.1 Å². The highest BCUT2D eigenvalue weighted by molar-refractivity contribution is 7.21. The Balaban J connectivity index is 1.52. The molecule has 218 valence electrons. The summed E-state index contributed by atoms with van der Waals surface area (Å²) < 4.78 is 63.1. The third-order valence-corrected chi connectivity index (χ3v) is 7.49. The number of carbonyl (C=O) groups excluding carboxylic acids is 2. The highest BCUT2D eigenvalue weighted by atomic mass is 35.5. The molecule has 0 saturated heterocycles. The second kappa shape index (κ2) is 11.1. The first kappa shape index (κ1) is 29.0. The topological polar surface area (TPSA) is 130 Å². The summed E-state index contributed by atoms with van der Waals surface area (Å²) in [5.41, 5.74) is 5.06. The van der Waals surface area contributed by atoms with Crippen LogP contribution in [0.4, 0.5) is 23.2 Å². The van der Waals surface area contributed by atoms with Gasteiger partial charge in [-0.2, -0.15) is 23.4 Å². The number of nitrogens with two attached hydrogens (primary N) is 1. The van der Waals surface area contributed by atoms with Crippen molar-refractivity contribution in [2.24, 2.45) is 5.73 Å². The maximum absolute atomic E-state index is 13.8. The van der Waals surface area contributed by atoms with E-state index in [-0.39, 0.29) is 49.5 Å². The molecule has 4 heterocycles. The number of rotatable bonds is 8. The van der Waals surface area contributed by atoms with E-state index in [1.165, 1.54) is 29.1 Å². The van der Waals surface area contributed by atoms with Gasteiger partial charge in [-0.15, -0.1) is 11.3 Å². The number of primary amides is 1. The third kappa shape index (κ3) is 5.65. The first-order valence-corrected chi connectivity index (χ1v) is 13.4. The fourth-order valence-corrected chi connectivity index (χ4v) is 5.31. The number of aromatic nitrogens is 5. The largest absolute Gasteiger partial charge is 0.471 e. The van der Waals surface area contributed by atoms with Gasteiger partial charge in [0.2, 0.25) is 0 Å². The fourth-order valence-electron chi connectivity index (χ4n) is 4.13. The van der Waals surface area contributed by atoms with Crippen molar-refractivity contribution >= 4 is 50.7 Å². The van der Waals surface area contributed by atoms with E-state index in [0.717, 1.165) is 12.1 Å². The Morgan fingerprint density at radius 2 is 1.90 bits per heavy atom. The Morgan fingerprint density at radius 3 is 2.55 bits per heavy atom. The minimum absolute atomic E-state index is 0.0699. The number of fused-ring (bicyclic) bond motifs is 1. The van der Waals surface area contributed by atoms with Gasteiger partial charge in [0, 0.05) is 36.0 Å². The van der Waals surface area contributed by atoms with Crippen LogP contribution in [0.2, 0.25) is 5.02 Å². The SMILES string of the molecule is CCn1cc(-c2cc(C(F)(F)F)nc3sc(C(N)=O)c(NC(=O)c4ccn(COc5ccc(F)c(Cl)c5)n4)c23)c(C)n1. The number of halogens is 5. The van der Waals surface area contributed by atoms with Crippen molar-refractivity contribution in [1.82, 2.24) is 24.5 Å². The van der Waals surface area contributed by atoms with Crippen molar-refractivity contribution in [3.05, 3.63) is 75.5 Å². The number of nitrogens with one attached hydrogen (secondary N) is 1. The normalized spacial score (nSPS) is 11.7. The van der Waals surface area contributed by atoms with Crippen LogP contribution in [0.3, 0.4) is 0 Å². The lowest BCUT2D eigenvalue weighted by atomic mass is 10.0. The van der Waals surface area contributed by atoms with Gasteiger partial charge in [0.1, 0.15) is 27.0 Å². The molecule has 16 heteroatoms. The summed E-state index contributed by atoms with van der Waals surface area (Å²) in [6.45, 7) is 3.76. The van der Waals surface area contributed by atoms with Crippen LogP contribution in [0.15, 0.2) is 42.7 Å². The van der Waals surface area contributed by atoms with Gasteiger partial charge < -0.3 is 15.8 Å². The summed E-state index contributed by atoms with van der Waals surface area (Å²) >= 11 is 6.39. The zero-order chi connectivity index (χ0) is 30.3. The van der Waals surface area contributed by atoms with Crippen LogP contribution in [0.5, 0.6) is 5.75 Å². The van der Waals surface area contributed by atoms with Gasteiger partial charge in [-0.3, -0.25) is 14.3 Å². The number of pyridine rings is 1. The molecule has 0 aliphatic heterocycles. The Morgan fingerprint density at radius 1 is 1.14 bits per heavy atom. The highest BCUT2D eigenvalue weighted by Crippen LogP contribution is 2.44. The molecule has 0 saturated carbocycles. The molecular weight excluding hydrogens is 602 g/mol. The van der Waals surface area contributed by atoms with E-state index >= 15 is 0 Å². The summed E-state index contributed by atoms with van der Waals surface area (Å²) in [4.78, 5) is 29.0. The molecule has 0 bridgehead atoms. The summed E-state index contributed by atoms with van der Waals surface area (Å²) in [6, 6.07) is 6.00. The molecule has 2 amide bonds. The fraction of sp³-hybridized carbons (Fsp3) is 0.192. The molecule has 5 rings (SSSR count). The number of thiophene rings is 1. The minimum atomic E-state index is -4.79. The molecule has 42 heavy (non-hydrogen) atoms. The molecule has 4 aromatic heterocycles. The maximum Gasteiger partial charge on any atom is 0.433 e. The van der Waals surface area contributed by atoms with Crippen molar-refractivity contribution in [2.75, 3.05) is 5.32 Å². The lowest BCUT2D eigenvalue weighted by molar-refractivity contribution is -0.140. The number of anilines is 1. The van der Waals surface area contributed by atoms with Crippen molar-refractivity contribution in [3.8, 4) is 16.9 Å². The molecule has 5 aromatic rings. The summed E-state index contributed by atoms with van der Waals surface area (Å²) in [6.07, 6.45) is -1.77. The average Bonchev–Trinajstić information content (AvgIpc) is 3.65. The van der Waals surface area contributed by atoms with Crippen molar-refractivity contribution in [2.45, 2.75) is 33.3 Å². The second-order valence-corrected chi connectivity index (χ2v) is 10.3. The van der Waals surface area contributed by atoms with Gasteiger partial charge in [-0.1, -0.05) is 11.6 Å². The van der Waals surface area contributed by atoms with E-state index in [1.54, 1.807) is 17.8 Å². The lowest BCUT2D eigenvalue weighted by Gasteiger charge is -2.11. The summed E-state index contributed by atoms with van der Waals surface area (Å²) in [5, 5.41) is 11.0. The monoisotopic (exact) mass is 621 g/mol. The standard InChI is InChI=1S/C26H20ClF4N7O3S/c1-3-37-10-15(12(2)35-37)14-9-19(26(29,30)31)33-25-20(14)21(22(42-25)23(32)39)34-24(40)18-6-7-38(36-18)11-41-13-4-5-17(28)16(27)8-13/h4-10H,3,11H2,1-2H3,(H2,32,39)(H,34,40). The molecule has 0 radical (unpaired) electrons. The molecule has 0 spiro atoms. The van der Waals surface area contributed by atoms with Crippen LogP contribution >= 0.6 is 22.9 Å². The number of aryl methyl sites for hydroxylation is 2. The molecule has 0 aliphatic carbocycles. The Bertz CT molecular complexity index is 1850. The average molecular weight is 622 g/mol. The van der Waals surface area contributed by atoms with Crippen molar-refractivity contribution in [1.29, 1.82) is 0 Å². The van der Waals surface area contributed by atoms with E-state index in [9.17, 15) is 27.2 Å². The molecule has 0 unspecified atom stereocenters. The number of carbonyl (C=O) groups is 2. The number of nitrogens with zero attached hydrogens (tertiary/aromatic N) is 5. The van der Waals surface area contributed by atoms with E-state index in [4.69, 9.17) is 22.1 Å². The molecule has 1 aromatic carbocycles. The predicted molar refractivity (Wildman–Crippen MR) is 147 cm³/mol. The van der Waals surface area contributed by atoms with E-state index < -0.39 is 29.5 Å². The predicted octanol–water partition coefficient (Wildman–Crippen LogP) is 5.88. The summed E-state index contributed by atoms with van der Waals surface area (Å²) in [5.74, 6) is -2.09. The zero-order valence-electron chi connectivity index (χ0n) is 21.8. The highest BCUT2D eigenvalue weighted by Gasteiger charge is 2.35. The number of hydrogen-bond acceptors (Lipinski definition) is 7.